The summed E-state index contributed by atoms with van der Waals surface area (Å²) >= 11 is 6.36. The highest BCUT2D eigenvalue weighted by atomic mass is 35.5. The van der Waals surface area contributed by atoms with E-state index in [0.717, 1.165) is 30.0 Å². The van der Waals surface area contributed by atoms with E-state index in [9.17, 15) is 4.79 Å². The van der Waals surface area contributed by atoms with Crippen LogP contribution in [0.15, 0.2) is 48.5 Å². The number of carbonyl (C=O) groups excluding carboxylic acids is 1. The van der Waals surface area contributed by atoms with Crippen LogP contribution in [0.5, 0.6) is 0 Å². The number of carbonyl (C=O) groups is 1. The Hall–Kier alpha value is -2.74. The molecular weight excluding hydrogens is 390 g/mol. The fourth-order valence-corrected chi connectivity index (χ4v) is 3.53. The van der Waals surface area contributed by atoms with Gasteiger partial charge in [-0.1, -0.05) is 41.9 Å². The Morgan fingerprint density at radius 2 is 2.00 bits per heavy atom. The van der Waals surface area contributed by atoms with Gasteiger partial charge in [0.1, 0.15) is 6.10 Å². The molecule has 1 atom stereocenters. The quantitative estimate of drug-likeness (QED) is 0.697. The van der Waals surface area contributed by atoms with Crippen molar-refractivity contribution in [2.45, 2.75) is 12.6 Å². The Morgan fingerprint density at radius 3 is 2.69 bits per heavy atom. The highest BCUT2D eigenvalue weighted by molar-refractivity contribution is 6.31. The van der Waals surface area contributed by atoms with Crippen LogP contribution >= 0.6 is 11.6 Å². The predicted molar refractivity (Wildman–Crippen MR) is 111 cm³/mol. The number of benzene rings is 2. The number of hydrogen-bond acceptors (Lipinski definition) is 5. The Bertz CT molecular complexity index is 1020. The Balaban J connectivity index is 1.71. The lowest BCUT2D eigenvalue weighted by molar-refractivity contribution is -0.0274. The van der Waals surface area contributed by atoms with Gasteiger partial charge in [0.15, 0.2) is 11.6 Å². The summed E-state index contributed by atoms with van der Waals surface area (Å²) in [5.41, 5.74) is 7.54. The van der Waals surface area contributed by atoms with Crippen molar-refractivity contribution in [2.75, 3.05) is 26.7 Å². The van der Waals surface area contributed by atoms with Gasteiger partial charge >= 0.3 is 0 Å². The molecule has 2 aromatic carbocycles. The number of likely N-dealkylation sites (N-methyl/N-ethyl adjacent to an activating group) is 1. The number of morpholine rings is 1. The number of primary amides is 1. The molecule has 3 aromatic rings. The first-order valence-electron chi connectivity index (χ1n) is 9.40. The normalized spacial score (nSPS) is 17.4. The largest absolute Gasteiger partial charge is 0.368 e. The minimum absolute atomic E-state index is 0.178. The van der Waals surface area contributed by atoms with Crippen molar-refractivity contribution in [3.63, 3.8) is 0 Å². The monoisotopic (exact) mass is 411 g/mol. The zero-order valence-electron chi connectivity index (χ0n) is 16.1. The summed E-state index contributed by atoms with van der Waals surface area (Å²) in [6.07, 6.45) is -0.178. The number of nitrogens with zero attached hydrogens (tertiary/aromatic N) is 4. The van der Waals surface area contributed by atoms with Gasteiger partial charge in [-0.3, -0.25) is 4.79 Å². The van der Waals surface area contributed by atoms with E-state index < -0.39 is 5.91 Å². The maximum Gasteiger partial charge on any atom is 0.248 e. The number of halogens is 1. The van der Waals surface area contributed by atoms with E-state index >= 15 is 0 Å². The lowest BCUT2D eigenvalue weighted by atomic mass is 10.1. The molecule has 1 aromatic heterocycles. The van der Waals surface area contributed by atoms with Crippen molar-refractivity contribution in [1.82, 2.24) is 19.7 Å². The molecule has 0 radical (unpaired) electrons. The Morgan fingerprint density at radius 1 is 1.24 bits per heavy atom. The summed E-state index contributed by atoms with van der Waals surface area (Å²) < 4.78 is 7.83. The van der Waals surface area contributed by atoms with Crippen LogP contribution in [-0.4, -0.2) is 52.3 Å². The third-order valence-corrected chi connectivity index (χ3v) is 5.33. The fraction of sp³-hybridized carbons (Fsp3) is 0.286. The molecule has 1 unspecified atom stereocenters. The van der Waals surface area contributed by atoms with Gasteiger partial charge in [-0.25, -0.2) is 9.67 Å². The third kappa shape index (κ3) is 4.32. The molecule has 150 valence electrons. The lowest BCUT2D eigenvalue weighted by Crippen LogP contribution is -2.36. The van der Waals surface area contributed by atoms with Gasteiger partial charge in [0.2, 0.25) is 5.91 Å². The molecule has 2 heterocycles. The molecule has 1 saturated heterocycles. The summed E-state index contributed by atoms with van der Waals surface area (Å²) in [7, 11) is 2.06. The smallest absolute Gasteiger partial charge is 0.248 e. The van der Waals surface area contributed by atoms with E-state index in [-0.39, 0.29) is 6.10 Å². The Kier molecular flexibility index (Phi) is 5.62. The molecule has 7 nitrogen and oxygen atoms in total. The molecule has 29 heavy (non-hydrogen) atoms. The van der Waals surface area contributed by atoms with Crippen LogP contribution in [0.3, 0.4) is 0 Å². The number of aromatic nitrogens is 3. The molecule has 1 fully saturated rings. The van der Waals surface area contributed by atoms with Crippen LogP contribution in [0.4, 0.5) is 0 Å². The molecule has 0 aliphatic carbocycles. The number of nitrogens with two attached hydrogens (primary N) is 1. The van der Waals surface area contributed by atoms with Crippen LogP contribution in [0, 0.1) is 0 Å². The SMILES string of the molecule is CN1CCOC(c2nc(-c3ccc(C(N)=O)cc3)nn2Cc2ccccc2Cl)C1. The molecule has 1 aliphatic heterocycles. The van der Waals surface area contributed by atoms with E-state index in [1.807, 2.05) is 28.9 Å². The summed E-state index contributed by atoms with van der Waals surface area (Å²) in [6.45, 7) is 2.76. The molecule has 8 heteroatoms. The Labute approximate surface area is 174 Å². The molecular formula is C21H22ClN5O2. The van der Waals surface area contributed by atoms with E-state index in [1.165, 1.54) is 0 Å². The third-order valence-electron chi connectivity index (χ3n) is 4.96. The van der Waals surface area contributed by atoms with Crippen molar-refractivity contribution in [3.8, 4) is 11.4 Å². The van der Waals surface area contributed by atoms with E-state index in [2.05, 4.69) is 11.9 Å². The standard InChI is InChI=1S/C21H22ClN5O2/c1-26-10-11-29-18(13-26)21-24-20(15-8-6-14(7-9-15)19(23)28)25-27(21)12-16-4-2-3-5-17(16)22/h2-9,18H,10-13H2,1H3,(H2,23,28). The van der Waals surface area contributed by atoms with Crippen molar-refractivity contribution in [1.29, 1.82) is 0 Å². The van der Waals surface area contributed by atoms with Gasteiger partial charge in [-0.2, -0.15) is 5.10 Å². The molecule has 2 N–H and O–H groups in total. The van der Waals surface area contributed by atoms with Crippen molar-refractivity contribution >= 4 is 17.5 Å². The van der Waals surface area contributed by atoms with Crippen LogP contribution < -0.4 is 5.73 Å². The molecule has 1 aliphatic rings. The van der Waals surface area contributed by atoms with Crippen molar-refractivity contribution < 1.29 is 9.53 Å². The summed E-state index contributed by atoms with van der Waals surface area (Å²) in [5, 5.41) is 5.41. The molecule has 4 rings (SSSR count). The number of amides is 1. The second-order valence-corrected chi connectivity index (χ2v) is 7.51. The van der Waals surface area contributed by atoms with E-state index in [1.54, 1.807) is 24.3 Å². The lowest BCUT2D eigenvalue weighted by Gasteiger charge is -2.29. The van der Waals surface area contributed by atoms with Crippen molar-refractivity contribution in [2.24, 2.45) is 5.73 Å². The van der Waals surface area contributed by atoms with Crippen LogP contribution in [0.1, 0.15) is 27.8 Å². The zero-order chi connectivity index (χ0) is 20.4. The molecule has 0 bridgehead atoms. The maximum absolute atomic E-state index is 11.3. The highest BCUT2D eigenvalue weighted by Gasteiger charge is 2.26. The molecule has 0 saturated carbocycles. The van der Waals surface area contributed by atoms with E-state index in [4.69, 9.17) is 32.2 Å². The van der Waals surface area contributed by atoms with Crippen LogP contribution in [-0.2, 0) is 11.3 Å². The van der Waals surface area contributed by atoms with Gasteiger partial charge in [0.05, 0.1) is 13.2 Å². The second kappa shape index (κ2) is 8.32. The first kappa shape index (κ1) is 19.6. The minimum atomic E-state index is -0.465. The number of hydrogen-bond donors (Lipinski definition) is 1. The second-order valence-electron chi connectivity index (χ2n) is 7.11. The van der Waals surface area contributed by atoms with E-state index in [0.29, 0.717) is 29.6 Å². The number of rotatable bonds is 5. The maximum atomic E-state index is 11.3. The summed E-state index contributed by atoms with van der Waals surface area (Å²) in [6, 6.07) is 14.6. The molecule has 1 amide bonds. The minimum Gasteiger partial charge on any atom is -0.368 e. The van der Waals surface area contributed by atoms with Crippen LogP contribution in [0.25, 0.3) is 11.4 Å². The van der Waals surface area contributed by atoms with Crippen LogP contribution in [0.2, 0.25) is 5.02 Å². The summed E-state index contributed by atoms with van der Waals surface area (Å²) in [4.78, 5) is 18.3. The van der Waals surface area contributed by atoms with Gasteiger partial charge in [-0.15, -0.1) is 0 Å². The molecule has 0 spiro atoms. The summed E-state index contributed by atoms with van der Waals surface area (Å²) in [5.74, 6) is 0.860. The average Bonchev–Trinajstić information content (AvgIpc) is 3.14. The van der Waals surface area contributed by atoms with Gasteiger partial charge in [0, 0.05) is 29.2 Å². The zero-order valence-corrected chi connectivity index (χ0v) is 16.8. The first-order chi connectivity index (χ1) is 14.0. The average molecular weight is 412 g/mol. The van der Waals surface area contributed by atoms with Gasteiger partial charge in [0.25, 0.3) is 0 Å². The van der Waals surface area contributed by atoms with Gasteiger partial charge < -0.3 is 15.4 Å². The number of ether oxygens (including phenoxy) is 1. The first-order valence-corrected chi connectivity index (χ1v) is 9.77. The van der Waals surface area contributed by atoms with Gasteiger partial charge in [-0.05, 0) is 30.8 Å². The topological polar surface area (TPSA) is 86.3 Å². The van der Waals surface area contributed by atoms with Crippen molar-refractivity contribution in [3.05, 3.63) is 70.5 Å². The predicted octanol–water partition coefficient (Wildman–Crippen LogP) is 2.75. The highest BCUT2D eigenvalue weighted by Crippen LogP contribution is 2.26. The fourth-order valence-electron chi connectivity index (χ4n) is 3.34.